The molecule has 1 aliphatic rings. The van der Waals surface area contributed by atoms with Gasteiger partial charge in [0.25, 0.3) is 0 Å². The van der Waals surface area contributed by atoms with Crippen molar-refractivity contribution in [3.05, 3.63) is 0 Å². The molecule has 1 fully saturated rings. The minimum atomic E-state index is -1.03. The number of morpholine rings is 1. The number of carbonyl (C=O) groups excluding carboxylic acids is 1. The van der Waals surface area contributed by atoms with Crippen LogP contribution in [-0.2, 0) is 9.53 Å². The fourth-order valence-corrected chi connectivity index (χ4v) is 1.77. The number of aliphatic hydroxyl groups is 1. The summed E-state index contributed by atoms with van der Waals surface area (Å²) in [4.78, 5) is 14.0. The van der Waals surface area contributed by atoms with Gasteiger partial charge in [0.15, 0.2) is 0 Å². The molecule has 0 aliphatic carbocycles. The lowest BCUT2D eigenvalue weighted by Gasteiger charge is -2.37. The molecule has 1 saturated heterocycles. The largest absolute Gasteiger partial charge is 0.379 e. The van der Waals surface area contributed by atoms with Crippen molar-refractivity contribution in [2.24, 2.45) is 5.41 Å². The normalized spacial score (nSPS) is 22.0. The Morgan fingerprint density at radius 1 is 1.62 bits per heavy atom. The second-order valence-corrected chi connectivity index (χ2v) is 4.24. The molecular formula is C12H19NO3. The number of nitrogens with zero attached hydrogens (tertiary/aromatic N) is 1. The third-order valence-electron chi connectivity index (χ3n) is 3.28. The first-order valence-corrected chi connectivity index (χ1v) is 5.57. The molecule has 90 valence electrons. The van der Waals surface area contributed by atoms with Crippen LogP contribution in [-0.4, -0.2) is 48.3 Å². The van der Waals surface area contributed by atoms with Crippen molar-refractivity contribution in [2.75, 3.05) is 26.3 Å². The number of aliphatic hydroxyl groups excluding tert-OH is 1. The highest BCUT2D eigenvalue weighted by Crippen LogP contribution is 2.28. The number of hydrogen-bond acceptors (Lipinski definition) is 3. The molecule has 1 rings (SSSR count). The zero-order valence-corrected chi connectivity index (χ0v) is 9.90. The smallest absolute Gasteiger partial charge is 0.232 e. The molecule has 1 aliphatic heterocycles. The second kappa shape index (κ2) is 5.33. The molecule has 0 aromatic heterocycles. The number of carbonyl (C=O) groups is 1. The van der Waals surface area contributed by atoms with Crippen LogP contribution in [0.2, 0.25) is 0 Å². The van der Waals surface area contributed by atoms with E-state index in [-0.39, 0.29) is 5.91 Å². The van der Waals surface area contributed by atoms with Gasteiger partial charge in [-0.3, -0.25) is 4.79 Å². The van der Waals surface area contributed by atoms with Gasteiger partial charge in [-0.05, 0) is 13.3 Å². The minimum absolute atomic E-state index is 0.0799. The molecule has 4 heteroatoms. The molecule has 0 aromatic rings. The summed E-state index contributed by atoms with van der Waals surface area (Å²) in [5.74, 6) is 2.17. The molecule has 1 N–H and O–H groups in total. The van der Waals surface area contributed by atoms with Gasteiger partial charge in [0.05, 0.1) is 18.6 Å². The molecule has 16 heavy (non-hydrogen) atoms. The number of ether oxygens (including phenoxy) is 1. The first-order chi connectivity index (χ1) is 7.56. The lowest BCUT2D eigenvalue weighted by molar-refractivity contribution is -0.150. The number of terminal acetylenes is 1. The Labute approximate surface area is 96.6 Å². The zero-order valence-electron chi connectivity index (χ0n) is 9.90. The molecule has 4 nitrogen and oxygen atoms in total. The monoisotopic (exact) mass is 225 g/mol. The van der Waals surface area contributed by atoms with Gasteiger partial charge in [0, 0.05) is 13.1 Å². The molecule has 0 bridgehead atoms. The van der Waals surface area contributed by atoms with Crippen LogP contribution in [0.15, 0.2) is 0 Å². The highest BCUT2D eigenvalue weighted by Gasteiger charge is 2.41. The topological polar surface area (TPSA) is 49.8 Å². The van der Waals surface area contributed by atoms with Crippen LogP contribution in [0.5, 0.6) is 0 Å². The van der Waals surface area contributed by atoms with Gasteiger partial charge in [0.2, 0.25) is 5.91 Å². The summed E-state index contributed by atoms with van der Waals surface area (Å²) in [5, 5.41) is 9.76. The molecule has 2 unspecified atom stereocenters. The van der Waals surface area contributed by atoms with Gasteiger partial charge in [-0.15, -0.1) is 6.42 Å². The standard InChI is InChI=1S/C12H19NO3/c1-4-10(14)12(3,5-2)11(15)13-6-8-16-9-7-13/h1,10,14H,5-9H2,2-3H3. The predicted octanol–water partition coefficient (Wildman–Crippen LogP) is 0.256. The average Bonchev–Trinajstić information content (AvgIpc) is 2.36. The Morgan fingerprint density at radius 2 is 2.19 bits per heavy atom. The zero-order chi connectivity index (χ0) is 12.2. The highest BCUT2D eigenvalue weighted by atomic mass is 16.5. The Morgan fingerprint density at radius 3 is 2.62 bits per heavy atom. The van der Waals surface area contributed by atoms with Gasteiger partial charge in [-0.2, -0.15) is 0 Å². The molecule has 0 aromatic carbocycles. The highest BCUT2D eigenvalue weighted by molar-refractivity contribution is 5.83. The Kier molecular flexibility index (Phi) is 4.34. The number of hydrogen-bond donors (Lipinski definition) is 1. The van der Waals surface area contributed by atoms with Crippen LogP contribution in [0.4, 0.5) is 0 Å². The maximum Gasteiger partial charge on any atom is 0.232 e. The van der Waals surface area contributed by atoms with Gasteiger partial charge in [-0.1, -0.05) is 12.8 Å². The Balaban J connectivity index is 2.79. The molecule has 1 amide bonds. The average molecular weight is 225 g/mol. The summed E-state index contributed by atoms with van der Waals surface area (Å²) in [5.41, 5.74) is -0.883. The quantitative estimate of drug-likeness (QED) is 0.701. The van der Waals surface area contributed by atoms with Crippen LogP contribution in [0.1, 0.15) is 20.3 Å². The molecule has 0 saturated carbocycles. The van der Waals surface area contributed by atoms with Crippen molar-refractivity contribution < 1.29 is 14.6 Å². The summed E-state index contributed by atoms with van der Waals surface area (Å²) < 4.78 is 5.19. The van der Waals surface area contributed by atoms with Crippen LogP contribution in [0, 0.1) is 17.8 Å². The summed E-state index contributed by atoms with van der Waals surface area (Å²) in [6.07, 6.45) is 4.69. The lowest BCUT2D eigenvalue weighted by Crippen LogP contribution is -2.51. The Hall–Kier alpha value is -1.05. The van der Waals surface area contributed by atoms with Crippen LogP contribution in [0.3, 0.4) is 0 Å². The molecule has 0 spiro atoms. The maximum absolute atomic E-state index is 12.3. The fourth-order valence-electron chi connectivity index (χ4n) is 1.77. The fraction of sp³-hybridized carbons (Fsp3) is 0.750. The van der Waals surface area contributed by atoms with E-state index in [0.29, 0.717) is 32.7 Å². The van der Waals surface area contributed by atoms with E-state index in [1.54, 1.807) is 11.8 Å². The van der Waals surface area contributed by atoms with Gasteiger partial charge in [-0.25, -0.2) is 0 Å². The van der Waals surface area contributed by atoms with Gasteiger partial charge < -0.3 is 14.7 Å². The van der Waals surface area contributed by atoms with Crippen molar-refractivity contribution in [1.82, 2.24) is 4.90 Å². The second-order valence-electron chi connectivity index (χ2n) is 4.24. The van der Waals surface area contributed by atoms with E-state index in [1.807, 2.05) is 6.92 Å². The third kappa shape index (κ3) is 2.37. The molecule has 2 atom stereocenters. The number of rotatable bonds is 3. The van der Waals surface area contributed by atoms with Crippen LogP contribution < -0.4 is 0 Å². The van der Waals surface area contributed by atoms with Crippen molar-refractivity contribution in [3.63, 3.8) is 0 Å². The molecule has 0 radical (unpaired) electrons. The summed E-state index contributed by atoms with van der Waals surface area (Å²) in [7, 11) is 0. The van der Waals surface area contributed by atoms with E-state index in [4.69, 9.17) is 11.2 Å². The van der Waals surface area contributed by atoms with Gasteiger partial charge in [0.1, 0.15) is 6.10 Å². The van der Waals surface area contributed by atoms with E-state index in [1.165, 1.54) is 0 Å². The summed E-state index contributed by atoms with van der Waals surface area (Å²) in [6.45, 7) is 5.83. The summed E-state index contributed by atoms with van der Waals surface area (Å²) >= 11 is 0. The Bertz CT molecular complexity index is 291. The van der Waals surface area contributed by atoms with E-state index in [9.17, 15) is 9.90 Å². The maximum atomic E-state index is 12.3. The van der Waals surface area contributed by atoms with E-state index >= 15 is 0 Å². The third-order valence-corrected chi connectivity index (χ3v) is 3.28. The van der Waals surface area contributed by atoms with Crippen molar-refractivity contribution >= 4 is 5.91 Å². The van der Waals surface area contributed by atoms with E-state index < -0.39 is 11.5 Å². The van der Waals surface area contributed by atoms with Crippen LogP contribution in [0.25, 0.3) is 0 Å². The van der Waals surface area contributed by atoms with Crippen molar-refractivity contribution in [3.8, 4) is 12.3 Å². The lowest BCUT2D eigenvalue weighted by atomic mass is 9.80. The summed E-state index contributed by atoms with van der Waals surface area (Å²) in [6, 6.07) is 0. The number of amides is 1. The first-order valence-electron chi connectivity index (χ1n) is 5.57. The van der Waals surface area contributed by atoms with Crippen molar-refractivity contribution in [2.45, 2.75) is 26.4 Å². The predicted molar refractivity (Wildman–Crippen MR) is 60.6 cm³/mol. The van der Waals surface area contributed by atoms with Crippen LogP contribution >= 0.6 is 0 Å². The SMILES string of the molecule is C#CC(O)C(C)(CC)C(=O)N1CCOCC1. The van der Waals surface area contributed by atoms with E-state index in [2.05, 4.69) is 5.92 Å². The van der Waals surface area contributed by atoms with Crippen molar-refractivity contribution in [1.29, 1.82) is 0 Å². The van der Waals surface area contributed by atoms with Gasteiger partial charge >= 0.3 is 0 Å². The molecular weight excluding hydrogens is 206 g/mol. The molecule has 1 heterocycles. The van der Waals surface area contributed by atoms with E-state index in [0.717, 1.165) is 0 Å². The first kappa shape index (κ1) is 13.0. The minimum Gasteiger partial charge on any atom is -0.379 e.